The second-order valence-corrected chi connectivity index (χ2v) is 9.45. The molecule has 0 bridgehead atoms. The molecular formula is C20H23N3O4S2. The van der Waals surface area contributed by atoms with E-state index in [1.165, 1.54) is 27.8 Å². The van der Waals surface area contributed by atoms with Gasteiger partial charge in [-0.05, 0) is 42.8 Å². The van der Waals surface area contributed by atoms with E-state index in [2.05, 4.69) is 10.3 Å². The quantitative estimate of drug-likeness (QED) is 0.550. The summed E-state index contributed by atoms with van der Waals surface area (Å²) in [5.74, 6) is 0.444. The SMILES string of the molecule is CCCCN(C)S(=O)(=O)c1ccc(NC(=O)Cc2csc(-c3ccco3)n2)cc1. The van der Waals surface area contributed by atoms with Crippen molar-refractivity contribution in [2.24, 2.45) is 0 Å². The van der Waals surface area contributed by atoms with Gasteiger partial charge in [-0.3, -0.25) is 4.79 Å². The fraction of sp³-hybridized carbons (Fsp3) is 0.300. The molecule has 0 aliphatic carbocycles. The van der Waals surface area contributed by atoms with Gasteiger partial charge in [-0.25, -0.2) is 17.7 Å². The van der Waals surface area contributed by atoms with Crippen LogP contribution in [0.3, 0.4) is 0 Å². The Kier molecular flexibility index (Phi) is 6.83. The van der Waals surface area contributed by atoms with Crippen molar-refractivity contribution < 1.29 is 17.6 Å². The van der Waals surface area contributed by atoms with E-state index in [1.807, 2.05) is 18.4 Å². The first kappa shape index (κ1) is 21.2. The summed E-state index contributed by atoms with van der Waals surface area (Å²) < 4.78 is 31.7. The summed E-state index contributed by atoms with van der Waals surface area (Å²) in [5, 5.41) is 5.31. The Labute approximate surface area is 174 Å². The van der Waals surface area contributed by atoms with Gasteiger partial charge in [0, 0.05) is 24.7 Å². The number of thiazole rings is 1. The highest BCUT2D eigenvalue weighted by Crippen LogP contribution is 2.24. The second-order valence-electron chi connectivity index (χ2n) is 6.55. The van der Waals surface area contributed by atoms with E-state index in [1.54, 1.807) is 31.5 Å². The van der Waals surface area contributed by atoms with Crippen LogP contribution in [0.15, 0.2) is 57.4 Å². The molecule has 3 rings (SSSR count). The summed E-state index contributed by atoms with van der Waals surface area (Å²) >= 11 is 1.41. The molecule has 2 aromatic heterocycles. The van der Waals surface area contributed by atoms with Gasteiger partial charge in [-0.1, -0.05) is 13.3 Å². The number of hydrogen-bond donors (Lipinski definition) is 1. The number of rotatable bonds is 9. The van der Waals surface area contributed by atoms with Gasteiger partial charge in [0.05, 0.1) is 23.3 Å². The van der Waals surface area contributed by atoms with E-state index >= 15 is 0 Å². The van der Waals surface area contributed by atoms with Crippen molar-refractivity contribution in [3.8, 4) is 10.8 Å². The number of furan rings is 1. The van der Waals surface area contributed by atoms with Crippen LogP contribution in [-0.4, -0.2) is 37.2 Å². The average Bonchev–Trinajstić information content (AvgIpc) is 3.38. The molecule has 0 spiro atoms. The number of nitrogens with zero attached hydrogens (tertiary/aromatic N) is 2. The number of carbonyl (C=O) groups is 1. The molecule has 0 fully saturated rings. The van der Waals surface area contributed by atoms with Gasteiger partial charge < -0.3 is 9.73 Å². The maximum atomic E-state index is 12.5. The predicted molar refractivity (Wildman–Crippen MR) is 113 cm³/mol. The minimum Gasteiger partial charge on any atom is -0.462 e. The number of anilines is 1. The molecule has 1 N–H and O–H groups in total. The van der Waals surface area contributed by atoms with E-state index in [4.69, 9.17) is 4.42 Å². The first-order chi connectivity index (χ1) is 13.9. The van der Waals surface area contributed by atoms with Crippen LogP contribution in [0.4, 0.5) is 5.69 Å². The summed E-state index contributed by atoms with van der Waals surface area (Å²) in [5.41, 5.74) is 1.18. The highest BCUT2D eigenvalue weighted by molar-refractivity contribution is 7.89. The smallest absolute Gasteiger partial charge is 0.242 e. The molecule has 0 aliphatic rings. The van der Waals surface area contributed by atoms with Crippen LogP contribution in [-0.2, 0) is 21.2 Å². The number of benzene rings is 1. The van der Waals surface area contributed by atoms with Crippen molar-refractivity contribution in [1.82, 2.24) is 9.29 Å². The largest absolute Gasteiger partial charge is 0.462 e. The van der Waals surface area contributed by atoms with E-state index < -0.39 is 10.0 Å². The first-order valence-corrected chi connectivity index (χ1v) is 11.6. The van der Waals surface area contributed by atoms with Crippen LogP contribution in [0.5, 0.6) is 0 Å². The predicted octanol–water partition coefficient (Wildman–Crippen LogP) is 4.00. The van der Waals surface area contributed by atoms with Crippen molar-refractivity contribution >= 4 is 33.0 Å². The summed E-state index contributed by atoms with van der Waals surface area (Å²) in [4.78, 5) is 16.9. The van der Waals surface area contributed by atoms with Crippen LogP contribution in [0.25, 0.3) is 10.8 Å². The van der Waals surface area contributed by atoms with E-state index in [-0.39, 0.29) is 17.2 Å². The van der Waals surface area contributed by atoms with Crippen molar-refractivity contribution in [2.75, 3.05) is 18.9 Å². The Balaban J connectivity index is 1.60. The number of hydrogen-bond acceptors (Lipinski definition) is 6. The number of amides is 1. The molecule has 9 heteroatoms. The number of carbonyl (C=O) groups excluding carboxylic acids is 1. The van der Waals surface area contributed by atoms with Crippen LogP contribution in [0.1, 0.15) is 25.5 Å². The number of sulfonamides is 1. The van der Waals surface area contributed by atoms with Gasteiger partial charge in [0.25, 0.3) is 0 Å². The summed E-state index contributed by atoms with van der Waals surface area (Å²) in [6.45, 7) is 2.49. The van der Waals surface area contributed by atoms with Gasteiger partial charge in [0.1, 0.15) is 0 Å². The molecule has 154 valence electrons. The summed E-state index contributed by atoms with van der Waals surface area (Å²) in [6, 6.07) is 9.80. The van der Waals surface area contributed by atoms with Crippen LogP contribution in [0, 0.1) is 0 Å². The lowest BCUT2D eigenvalue weighted by Crippen LogP contribution is -2.27. The minimum atomic E-state index is -3.52. The Bertz CT molecular complexity index is 1040. The number of nitrogens with one attached hydrogen (secondary N) is 1. The highest BCUT2D eigenvalue weighted by Gasteiger charge is 2.20. The van der Waals surface area contributed by atoms with Crippen molar-refractivity contribution in [2.45, 2.75) is 31.1 Å². The lowest BCUT2D eigenvalue weighted by atomic mass is 10.3. The Morgan fingerprint density at radius 1 is 1.24 bits per heavy atom. The van der Waals surface area contributed by atoms with Gasteiger partial charge in [-0.2, -0.15) is 0 Å². The normalized spacial score (nSPS) is 11.7. The first-order valence-electron chi connectivity index (χ1n) is 9.24. The molecule has 0 radical (unpaired) electrons. The lowest BCUT2D eigenvalue weighted by molar-refractivity contribution is -0.115. The maximum absolute atomic E-state index is 12.5. The molecule has 1 amide bonds. The number of aromatic nitrogens is 1. The third kappa shape index (κ3) is 5.31. The van der Waals surface area contributed by atoms with E-state index in [9.17, 15) is 13.2 Å². The molecule has 0 atom stereocenters. The van der Waals surface area contributed by atoms with E-state index in [0.717, 1.165) is 17.8 Å². The average molecular weight is 434 g/mol. The molecule has 7 nitrogen and oxygen atoms in total. The molecule has 3 aromatic rings. The molecule has 29 heavy (non-hydrogen) atoms. The van der Waals surface area contributed by atoms with Crippen molar-refractivity contribution in [1.29, 1.82) is 0 Å². The molecule has 0 unspecified atom stereocenters. The van der Waals surface area contributed by atoms with Crippen LogP contribution >= 0.6 is 11.3 Å². The topological polar surface area (TPSA) is 92.5 Å². The van der Waals surface area contributed by atoms with Crippen LogP contribution < -0.4 is 5.32 Å². The molecular weight excluding hydrogens is 410 g/mol. The van der Waals surface area contributed by atoms with Crippen molar-refractivity contribution in [3.05, 3.63) is 53.7 Å². The maximum Gasteiger partial charge on any atom is 0.242 e. The van der Waals surface area contributed by atoms with Gasteiger partial charge in [-0.15, -0.1) is 11.3 Å². The Hall–Kier alpha value is -2.49. The van der Waals surface area contributed by atoms with E-state index in [0.29, 0.717) is 23.7 Å². The molecule has 0 saturated heterocycles. The van der Waals surface area contributed by atoms with Gasteiger partial charge in [0.2, 0.25) is 15.9 Å². The van der Waals surface area contributed by atoms with Gasteiger partial charge in [0.15, 0.2) is 10.8 Å². The fourth-order valence-electron chi connectivity index (χ4n) is 2.66. The second kappa shape index (κ2) is 9.34. The summed E-state index contributed by atoms with van der Waals surface area (Å²) in [7, 11) is -1.95. The fourth-order valence-corrected chi connectivity index (χ4v) is 4.66. The third-order valence-electron chi connectivity index (χ3n) is 4.30. The minimum absolute atomic E-state index is 0.122. The summed E-state index contributed by atoms with van der Waals surface area (Å²) in [6.07, 6.45) is 3.43. The third-order valence-corrected chi connectivity index (χ3v) is 7.07. The number of unbranched alkanes of at least 4 members (excludes halogenated alkanes) is 1. The Morgan fingerprint density at radius 3 is 2.66 bits per heavy atom. The monoisotopic (exact) mass is 433 g/mol. The zero-order valence-corrected chi connectivity index (χ0v) is 17.9. The molecule has 1 aromatic carbocycles. The standard InChI is InChI=1S/C20H23N3O4S2/c1-3-4-11-23(2)29(25,26)17-9-7-15(8-10-17)21-19(24)13-16-14-28-20(22-16)18-6-5-12-27-18/h5-10,12,14H,3-4,11,13H2,1-2H3,(H,21,24). The zero-order chi connectivity index (χ0) is 20.9. The van der Waals surface area contributed by atoms with Crippen LogP contribution in [0.2, 0.25) is 0 Å². The highest BCUT2D eigenvalue weighted by atomic mass is 32.2. The lowest BCUT2D eigenvalue weighted by Gasteiger charge is -2.17. The molecule has 2 heterocycles. The van der Waals surface area contributed by atoms with Crippen molar-refractivity contribution in [3.63, 3.8) is 0 Å². The Morgan fingerprint density at radius 2 is 2.00 bits per heavy atom. The molecule has 0 saturated carbocycles. The zero-order valence-electron chi connectivity index (χ0n) is 16.3. The van der Waals surface area contributed by atoms with Gasteiger partial charge >= 0.3 is 0 Å². The molecule has 0 aliphatic heterocycles.